The Labute approximate surface area is 220 Å². The van der Waals surface area contributed by atoms with Gasteiger partial charge in [0.15, 0.2) is 0 Å². The number of rotatable bonds is 18. The maximum Gasteiger partial charge on any atom is 0.224 e. The van der Waals surface area contributed by atoms with Gasteiger partial charge in [0.25, 0.3) is 0 Å². The molecule has 0 aliphatic heterocycles. The molecule has 200 valence electrons. The number of aliphatic hydroxyl groups excluding tert-OH is 1. The molecule has 0 bridgehead atoms. The molecule has 4 heteroatoms. The smallest absolute Gasteiger partial charge is 0.224 e. The van der Waals surface area contributed by atoms with Gasteiger partial charge in [-0.2, -0.15) is 0 Å². The van der Waals surface area contributed by atoms with Crippen molar-refractivity contribution < 1.29 is 14.6 Å². The number of carbonyl (C=O) groups is 1. The quantitative estimate of drug-likeness (QED) is 0.211. The van der Waals surface area contributed by atoms with Crippen LogP contribution in [0.25, 0.3) is 0 Å². The lowest BCUT2D eigenvalue weighted by Gasteiger charge is -2.23. The van der Waals surface area contributed by atoms with Crippen LogP contribution in [0.4, 0.5) is 5.69 Å². The van der Waals surface area contributed by atoms with E-state index in [4.69, 9.17) is 4.74 Å². The maximum absolute atomic E-state index is 12.4. The Morgan fingerprint density at radius 2 is 1.36 bits per heavy atom. The number of aliphatic hydroxyl groups is 1. The second-order valence-electron chi connectivity index (χ2n) is 10.2. The van der Waals surface area contributed by atoms with Crippen LogP contribution in [0, 0.1) is 13.8 Å². The summed E-state index contributed by atoms with van der Waals surface area (Å²) in [7, 11) is 0. The van der Waals surface area contributed by atoms with Gasteiger partial charge in [0.05, 0.1) is 19.8 Å². The number of nitrogens with zero attached hydrogens (tertiary/aromatic N) is 1. The first-order valence-corrected chi connectivity index (χ1v) is 14.2. The monoisotopic (exact) mass is 495 g/mol. The zero-order valence-corrected chi connectivity index (χ0v) is 23.3. The number of hydrogen-bond donors (Lipinski definition) is 1. The van der Waals surface area contributed by atoms with E-state index in [9.17, 15) is 9.90 Å². The molecule has 0 aliphatic rings. The first-order valence-electron chi connectivity index (χ1n) is 14.2. The molecule has 36 heavy (non-hydrogen) atoms. The van der Waals surface area contributed by atoms with Gasteiger partial charge in [0.2, 0.25) is 5.91 Å². The van der Waals surface area contributed by atoms with Crippen molar-refractivity contribution in [3.63, 3.8) is 0 Å². The average Bonchev–Trinajstić information content (AvgIpc) is 2.86. The predicted octanol–water partition coefficient (Wildman–Crippen LogP) is 8.43. The third kappa shape index (κ3) is 10.7. The molecule has 0 heterocycles. The lowest BCUT2D eigenvalue weighted by atomic mass is 10.0. The minimum atomic E-state index is -0.0387. The zero-order chi connectivity index (χ0) is 26.2. The molecule has 0 aliphatic carbocycles. The maximum atomic E-state index is 12.4. The second-order valence-corrected chi connectivity index (χ2v) is 10.2. The first-order chi connectivity index (χ1) is 17.5. The fourth-order valence-corrected chi connectivity index (χ4v) is 4.87. The Balaban J connectivity index is 1.74. The summed E-state index contributed by atoms with van der Waals surface area (Å²) in [6.45, 7) is 9.23. The third-order valence-electron chi connectivity index (χ3n) is 6.89. The van der Waals surface area contributed by atoms with Crippen LogP contribution < -0.4 is 9.64 Å². The van der Waals surface area contributed by atoms with Crippen molar-refractivity contribution in [1.82, 2.24) is 0 Å². The van der Waals surface area contributed by atoms with Crippen LogP contribution in [-0.4, -0.2) is 17.6 Å². The highest BCUT2D eigenvalue weighted by atomic mass is 16.5. The summed E-state index contributed by atoms with van der Waals surface area (Å²) in [6, 6.07) is 11.8. The molecule has 2 aromatic rings. The van der Waals surface area contributed by atoms with Crippen molar-refractivity contribution in [2.45, 2.75) is 118 Å². The van der Waals surface area contributed by atoms with Crippen molar-refractivity contribution in [2.75, 3.05) is 11.5 Å². The molecule has 4 nitrogen and oxygen atoms in total. The average molecular weight is 496 g/mol. The summed E-state index contributed by atoms with van der Waals surface area (Å²) in [5.74, 6) is 0.950. The van der Waals surface area contributed by atoms with Crippen LogP contribution in [0.15, 0.2) is 36.4 Å². The molecule has 0 fully saturated rings. The molecule has 0 unspecified atom stereocenters. The number of ether oxygens (including phenoxy) is 1. The van der Waals surface area contributed by atoms with E-state index in [1.165, 1.54) is 70.6 Å². The largest absolute Gasteiger partial charge is 0.493 e. The molecule has 1 N–H and O–H groups in total. The summed E-state index contributed by atoms with van der Waals surface area (Å²) in [4.78, 5) is 14.1. The topological polar surface area (TPSA) is 49.8 Å². The van der Waals surface area contributed by atoms with Gasteiger partial charge in [-0.05, 0) is 54.7 Å². The molecule has 0 radical (unpaired) electrons. The molecule has 0 atom stereocenters. The molecule has 2 aromatic carbocycles. The molecular weight excluding hydrogens is 446 g/mol. The Morgan fingerprint density at radius 1 is 0.806 bits per heavy atom. The van der Waals surface area contributed by atoms with E-state index in [2.05, 4.69) is 32.9 Å². The van der Waals surface area contributed by atoms with Crippen molar-refractivity contribution >= 4 is 11.6 Å². The number of benzene rings is 2. The Hall–Kier alpha value is -2.33. The van der Waals surface area contributed by atoms with Crippen LogP contribution >= 0.6 is 0 Å². The van der Waals surface area contributed by atoms with E-state index >= 15 is 0 Å². The highest BCUT2D eigenvalue weighted by Gasteiger charge is 2.15. The van der Waals surface area contributed by atoms with E-state index in [1.807, 2.05) is 24.3 Å². The summed E-state index contributed by atoms with van der Waals surface area (Å²) >= 11 is 0. The minimum absolute atomic E-state index is 0.0207. The second kappa shape index (κ2) is 17.2. The van der Waals surface area contributed by atoms with E-state index < -0.39 is 0 Å². The van der Waals surface area contributed by atoms with E-state index in [-0.39, 0.29) is 12.5 Å². The molecule has 2 rings (SSSR count). The van der Waals surface area contributed by atoms with Gasteiger partial charge in [0, 0.05) is 12.6 Å². The van der Waals surface area contributed by atoms with E-state index in [0.29, 0.717) is 6.54 Å². The van der Waals surface area contributed by atoms with Gasteiger partial charge in [0.1, 0.15) is 5.75 Å². The van der Waals surface area contributed by atoms with Gasteiger partial charge in [-0.25, -0.2) is 0 Å². The number of hydrogen-bond acceptors (Lipinski definition) is 3. The standard InChI is InChI=1S/C32H49NO3/c1-5-6-7-8-9-10-11-12-13-14-15-16-20-36-32-26(2)21-30(22-27(32)3)24-33(28(4)35)31-19-17-18-29(23-31)25-34/h17-19,21-23,34H,5-16,20,24-25H2,1-4H3. The molecule has 0 saturated carbocycles. The van der Waals surface area contributed by atoms with Crippen LogP contribution in [0.3, 0.4) is 0 Å². The number of anilines is 1. The summed E-state index contributed by atoms with van der Waals surface area (Å²) in [5, 5.41) is 9.45. The highest BCUT2D eigenvalue weighted by Crippen LogP contribution is 2.27. The molecule has 0 aromatic heterocycles. The van der Waals surface area contributed by atoms with Gasteiger partial charge >= 0.3 is 0 Å². The van der Waals surface area contributed by atoms with Gasteiger partial charge in [-0.1, -0.05) is 102 Å². The van der Waals surface area contributed by atoms with E-state index in [0.717, 1.165) is 46.7 Å². The summed E-state index contributed by atoms with van der Waals surface area (Å²) in [6.07, 6.45) is 16.1. The number of amides is 1. The SMILES string of the molecule is CCCCCCCCCCCCCCOc1c(C)cc(CN(C(C)=O)c2cccc(CO)c2)cc1C. The fraction of sp³-hybridized carbons (Fsp3) is 0.594. The molecule has 1 amide bonds. The molecular formula is C32H49NO3. The van der Waals surface area contributed by atoms with Crippen molar-refractivity contribution in [1.29, 1.82) is 0 Å². The van der Waals surface area contributed by atoms with Gasteiger partial charge < -0.3 is 14.7 Å². The van der Waals surface area contributed by atoms with Crippen LogP contribution in [-0.2, 0) is 17.9 Å². The number of unbranched alkanes of at least 4 members (excludes halogenated alkanes) is 11. The molecule has 0 saturated heterocycles. The zero-order valence-electron chi connectivity index (χ0n) is 23.3. The number of aryl methyl sites for hydroxylation is 2. The van der Waals surface area contributed by atoms with Crippen LogP contribution in [0.1, 0.15) is 113 Å². The Bertz CT molecular complexity index is 885. The van der Waals surface area contributed by atoms with Crippen molar-refractivity contribution in [3.8, 4) is 5.75 Å². The number of carbonyl (C=O) groups excluding carboxylic acids is 1. The van der Waals surface area contributed by atoms with Crippen molar-refractivity contribution in [2.24, 2.45) is 0 Å². The van der Waals surface area contributed by atoms with Crippen LogP contribution in [0.5, 0.6) is 5.75 Å². The van der Waals surface area contributed by atoms with Gasteiger partial charge in [-0.15, -0.1) is 0 Å². The minimum Gasteiger partial charge on any atom is -0.493 e. The van der Waals surface area contributed by atoms with E-state index in [1.54, 1.807) is 11.8 Å². The lowest BCUT2D eigenvalue weighted by Crippen LogP contribution is -2.28. The highest BCUT2D eigenvalue weighted by molar-refractivity contribution is 5.91. The Morgan fingerprint density at radius 3 is 1.89 bits per heavy atom. The fourth-order valence-electron chi connectivity index (χ4n) is 4.87. The lowest BCUT2D eigenvalue weighted by molar-refractivity contribution is -0.116. The normalized spacial score (nSPS) is 11.0. The van der Waals surface area contributed by atoms with Gasteiger partial charge in [-0.3, -0.25) is 4.79 Å². The summed E-state index contributed by atoms with van der Waals surface area (Å²) in [5.41, 5.74) is 4.89. The third-order valence-corrected chi connectivity index (χ3v) is 6.89. The first kappa shape index (κ1) is 29.9. The Kier molecular flexibility index (Phi) is 14.3. The molecule has 0 spiro atoms. The predicted molar refractivity (Wildman–Crippen MR) is 152 cm³/mol. The summed E-state index contributed by atoms with van der Waals surface area (Å²) < 4.78 is 6.17. The van der Waals surface area contributed by atoms with Crippen molar-refractivity contribution in [3.05, 3.63) is 58.7 Å². The van der Waals surface area contributed by atoms with Crippen LogP contribution in [0.2, 0.25) is 0 Å².